The molecule has 0 radical (unpaired) electrons. The van der Waals surface area contributed by atoms with Gasteiger partial charge in [-0.15, -0.1) is 0 Å². The Morgan fingerprint density at radius 2 is 2.28 bits per heavy atom. The number of hydrogen-bond donors (Lipinski definition) is 0. The first-order valence-corrected chi connectivity index (χ1v) is 7.36. The molecule has 0 heterocycles. The predicted molar refractivity (Wildman–Crippen MR) is 76.1 cm³/mol. The van der Waals surface area contributed by atoms with E-state index in [0.717, 1.165) is 29.0 Å². The molecule has 0 spiro atoms. The Morgan fingerprint density at radius 3 is 2.83 bits per heavy atom. The van der Waals surface area contributed by atoms with Crippen molar-refractivity contribution in [2.24, 2.45) is 5.92 Å². The zero-order valence-electron chi connectivity index (χ0n) is 10.7. The largest absolute Gasteiger partial charge is 0.492 e. The van der Waals surface area contributed by atoms with Gasteiger partial charge in [-0.2, -0.15) is 0 Å². The lowest BCUT2D eigenvalue weighted by Crippen LogP contribution is -2.19. The third-order valence-corrected chi connectivity index (χ3v) is 4.29. The van der Waals surface area contributed by atoms with Gasteiger partial charge in [-0.25, -0.2) is 0 Å². The summed E-state index contributed by atoms with van der Waals surface area (Å²) in [5.41, 5.74) is 1.17. The zero-order valence-corrected chi connectivity index (χ0v) is 12.3. The van der Waals surface area contributed by atoms with Gasteiger partial charge in [0, 0.05) is 6.42 Å². The van der Waals surface area contributed by atoms with Crippen LogP contribution in [-0.2, 0) is 4.79 Å². The molecular weight excluding hydrogens is 292 g/mol. The molecule has 0 bridgehead atoms. The van der Waals surface area contributed by atoms with Gasteiger partial charge in [0.2, 0.25) is 0 Å². The van der Waals surface area contributed by atoms with Crippen LogP contribution in [0.1, 0.15) is 44.1 Å². The van der Waals surface area contributed by atoms with Gasteiger partial charge in [-0.05, 0) is 58.3 Å². The number of hydrogen-bond acceptors (Lipinski definition) is 2. The topological polar surface area (TPSA) is 26.3 Å². The fraction of sp³-hybridized carbons (Fsp3) is 0.533. The highest BCUT2D eigenvalue weighted by molar-refractivity contribution is 9.10. The summed E-state index contributed by atoms with van der Waals surface area (Å²) in [7, 11) is 0. The van der Waals surface area contributed by atoms with Crippen LogP contribution in [0.2, 0.25) is 0 Å². The van der Waals surface area contributed by atoms with Crippen LogP contribution < -0.4 is 4.74 Å². The first-order valence-electron chi connectivity index (χ1n) is 6.56. The summed E-state index contributed by atoms with van der Waals surface area (Å²) in [6.07, 6.45) is 5.48. The van der Waals surface area contributed by atoms with E-state index in [1.54, 1.807) is 0 Å². The molecule has 1 aliphatic rings. The van der Waals surface area contributed by atoms with Crippen molar-refractivity contribution in [3.8, 4) is 5.75 Å². The summed E-state index contributed by atoms with van der Waals surface area (Å²) in [4.78, 5) is 10.5. The SMILES string of the molecule is CC(CC=O)c1ccc(OCC2CCC2)c(Br)c1. The first-order chi connectivity index (χ1) is 8.70. The second kappa shape index (κ2) is 6.37. The highest BCUT2D eigenvalue weighted by Gasteiger charge is 2.18. The molecule has 2 nitrogen and oxygen atoms in total. The van der Waals surface area contributed by atoms with Crippen LogP contribution in [0.4, 0.5) is 0 Å². The van der Waals surface area contributed by atoms with Crippen LogP contribution in [0.25, 0.3) is 0 Å². The van der Waals surface area contributed by atoms with Gasteiger partial charge in [0.1, 0.15) is 12.0 Å². The molecule has 0 saturated heterocycles. The maximum Gasteiger partial charge on any atom is 0.133 e. The summed E-state index contributed by atoms with van der Waals surface area (Å²) in [5, 5.41) is 0. The summed E-state index contributed by atoms with van der Waals surface area (Å²) in [6.45, 7) is 2.88. The Labute approximate surface area is 117 Å². The normalized spacial score (nSPS) is 17.0. The van der Waals surface area contributed by atoms with E-state index in [-0.39, 0.29) is 5.92 Å². The quantitative estimate of drug-likeness (QED) is 0.731. The van der Waals surface area contributed by atoms with Crippen molar-refractivity contribution in [3.63, 3.8) is 0 Å². The van der Waals surface area contributed by atoms with E-state index in [2.05, 4.69) is 35.0 Å². The van der Waals surface area contributed by atoms with Gasteiger partial charge in [-0.3, -0.25) is 0 Å². The molecule has 1 aliphatic carbocycles. The lowest BCUT2D eigenvalue weighted by atomic mass is 9.86. The van der Waals surface area contributed by atoms with E-state index < -0.39 is 0 Å². The van der Waals surface area contributed by atoms with Crippen molar-refractivity contribution in [1.82, 2.24) is 0 Å². The van der Waals surface area contributed by atoms with Crippen molar-refractivity contribution in [2.45, 2.75) is 38.5 Å². The number of carbonyl (C=O) groups is 1. The Balaban J connectivity index is 1.97. The highest BCUT2D eigenvalue weighted by atomic mass is 79.9. The predicted octanol–water partition coefficient (Wildman–Crippen LogP) is 4.32. The molecule has 18 heavy (non-hydrogen) atoms. The van der Waals surface area contributed by atoms with E-state index >= 15 is 0 Å². The average Bonchev–Trinajstić information content (AvgIpc) is 2.29. The van der Waals surface area contributed by atoms with Crippen molar-refractivity contribution in [3.05, 3.63) is 28.2 Å². The van der Waals surface area contributed by atoms with E-state index in [9.17, 15) is 4.79 Å². The zero-order chi connectivity index (χ0) is 13.0. The van der Waals surface area contributed by atoms with Crippen molar-refractivity contribution < 1.29 is 9.53 Å². The van der Waals surface area contributed by atoms with Crippen LogP contribution >= 0.6 is 15.9 Å². The molecule has 0 aromatic heterocycles. The van der Waals surface area contributed by atoms with Crippen LogP contribution in [0.3, 0.4) is 0 Å². The van der Waals surface area contributed by atoms with Gasteiger partial charge in [0.25, 0.3) is 0 Å². The van der Waals surface area contributed by atoms with E-state index in [0.29, 0.717) is 6.42 Å². The number of ether oxygens (including phenoxy) is 1. The molecule has 1 atom stereocenters. The smallest absolute Gasteiger partial charge is 0.133 e. The lowest BCUT2D eigenvalue weighted by Gasteiger charge is -2.25. The molecule has 0 amide bonds. The molecule has 0 N–H and O–H groups in total. The van der Waals surface area contributed by atoms with Crippen LogP contribution in [0.15, 0.2) is 22.7 Å². The maximum atomic E-state index is 10.5. The molecule has 1 fully saturated rings. The Hall–Kier alpha value is -0.830. The van der Waals surface area contributed by atoms with E-state index in [4.69, 9.17) is 4.74 Å². The Bertz CT molecular complexity index is 413. The van der Waals surface area contributed by atoms with Gasteiger partial charge in [0.15, 0.2) is 0 Å². The molecule has 1 saturated carbocycles. The Morgan fingerprint density at radius 1 is 1.50 bits per heavy atom. The second-order valence-electron chi connectivity index (χ2n) is 5.10. The minimum atomic E-state index is 0.263. The lowest BCUT2D eigenvalue weighted by molar-refractivity contribution is -0.108. The summed E-state index contributed by atoms with van der Waals surface area (Å²) in [5.74, 6) is 1.91. The van der Waals surface area contributed by atoms with Crippen LogP contribution in [-0.4, -0.2) is 12.9 Å². The monoisotopic (exact) mass is 310 g/mol. The third-order valence-electron chi connectivity index (χ3n) is 3.67. The minimum absolute atomic E-state index is 0.263. The summed E-state index contributed by atoms with van der Waals surface area (Å²) < 4.78 is 6.80. The first kappa shape index (κ1) is 13.6. The molecule has 2 rings (SSSR count). The van der Waals surface area contributed by atoms with Gasteiger partial charge < -0.3 is 9.53 Å². The maximum absolute atomic E-state index is 10.5. The highest BCUT2D eigenvalue weighted by Crippen LogP contribution is 2.32. The molecule has 98 valence electrons. The fourth-order valence-corrected chi connectivity index (χ4v) is 2.60. The standard InChI is InChI=1S/C15H19BrO2/c1-11(7-8-17)13-5-6-15(14(16)9-13)18-10-12-3-2-4-12/h5-6,8-9,11-12H,2-4,7,10H2,1H3. The van der Waals surface area contributed by atoms with Gasteiger partial charge in [0.05, 0.1) is 11.1 Å². The van der Waals surface area contributed by atoms with E-state index in [1.165, 1.54) is 24.8 Å². The third kappa shape index (κ3) is 3.35. The van der Waals surface area contributed by atoms with Crippen molar-refractivity contribution >= 4 is 22.2 Å². The van der Waals surface area contributed by atoms with E-state index in [1.807, 2.05) is 6.07 Å². The molecule has 0 aliphatic heterocycles. The van der Waals surface area contributed by atoms with Gasteiger partial charge >= 0.3 is 0 Å². The number of rotatable bonds is 6. The number of benzene rings is 1. The minimum Gasteiger partial charge on any atom is -0.492 e. The summed E-state index contributed by atoms with van der Waals surface area (Å²) in [6, 6.07) is 6.11. The van der Waals surface area contributed by atoms with Crippen LogP contribution in [0, 0.1) is 5.92 Å². The number of halogens is 1. The van der Waals surface area contributed by atoms with Crippen molar-refractivity contribution in [1.29, 1.82) is 0 Å². The number of carbonyl (C=O) groups excluding carboxylic acids is 1. The molecule has 1 unspecified atom stereocenters. The molecule has 1 aromatic rings. The Kier molecular flexibility index (Phi) is 4.81. The number of aldehydes is 1. The van der Waals surface area contributed by atoms with Gasteiger partial charge in [-0.1, -0.05) is 19.4 Å². The average molecular weight is 311 g/mol. The fourth-order valence-electron chi connectivity index (χ4n) is 2.09. The molecule has 3 heteroatoms. The van der Waals surface area contributed by atoms with Crippen LogP contribution in [0.5, 0.6) is 5.75 Å². The van der Waals surface area contributed by atoms with Crippen molar-refractivity contribution in [2.75, 3.05) is 6.61 Å². The second-order valence-corrected chi connectivity index (χ2v) is 5.96. The molecular formula is C15H19BrO2. The summed E-state index contributed by atoms with van der Waals surface area (Å²) >= 11 is 3.54. The molecule has 1 aromatic carbocycles.